The number of carbonyl (C=O) groups is 2. The zero-order valence-electron chi connectivity index (χ0n) is 19.5. The smallest absolute Gasteiger partial charge is 0.282 e. The fourth-order valence-electron chi connectivity index (χ4n) is 4.68. The molecule has 1 unspecified atom stereocenters. The van der Waals surface area contributed by atoms with E-state index in [-0.39, 0.29) is 11.8 Å². The highest BCUT2D eigenvalue weighted by atomic mass is 16.5. The molecule has 2 heterocycles. The van der Waals surface area contributed by atoms with E-state index in [4.69, 9.17) is 4.74 Å². The standard InChI is InChI=1S/C27H32N2O3/c1-5-15-32-22-11-9-21(10-12-22)24-25(28-14-6-7-19(3)17-28)27(31)29(26(24)30)23-13-8-18(2)16-20(23)4/h8-13,16,19H,5-7,14-15,17H2,1-4H3. The topological polar surface area (TPSA) is 49.9 Å². The number of likely N-dealkylation sites (tertiary alicyclic amines) is 1. The Labute approximate surface area is 190 Å². The maximum atomic E-state index is 13.7. The Kier molecular flexibility index (Phi) is 6.35. The largest absolute Gasteiger partial charge is 0.494 e. The molecule has 0 radical (unpaired) electrons. The van der Waals surface area contributed by atoms with Gasteiger partial charge in [-0.3, -0.25) is 9.59 Å². The summed E-state index contributed by atoms with van der Waals surface area (Å²) in [5, 5.41) is 0. The van der Waals surface area contributed by atoms with Crippen molar-refractivity contribution in [3.05, 3.63) is 64.9 Å². The molecule has 0 N–H and O–H groups in total. The van der Waals surface area contributed by atoms with Crippen LogP contribution in [0.1, 0.15) is 49.8 Å². The number of hydrogen-bond donors (Lipinski definition) is 0. The van der Waals surface area contributed by atoms with E-state index < -0.39 is 0 Å². The van der Waals surface area contributed by atoms with Gasteiger partial charge in [-0.15, -0.1) is 0 Å². The lowest BCUT2D eigenvalue weighted by Crippen LogP contribution is -2.39. The van der Waals surface area contributed by atoms with Gasteiger partial charge in [0.15, 0.2) is 0 Å². The number of nitrogens with zero attached hydrogens (tertiary/aromatic N) is 2. The van der Waals surface area contributed by atoms with Crippen molar-refractivity contribution in [2.45, 2.75) is 47.0 Å². The molecule has 2 aromatic rings. The van der Waals surface area contributed by atoms with Gasteiger partial charge in [0.05, 0.1) is 17.9 Å². The molecular formula is C27H32N2O3. The second-order valence-corrected chi connectivity index (χ2v) is 9.03. The van der Waals surface area contributed by atoms with Crippen LogP contribution < -0.4 is 9.64 Å². The van der Waals surface area contributed by atoms with E-state index in [0.717, 1.165) is 54.8 Å². The minimum atomic E-state index is -0.252. The quantitative estimate of drug-likeness (QED) is 0.596. The predicted octanol–water partition coefficient (Wildman–Crippen LogP) is 5.11. The van der Waals surface area contributed by atoms with Crippen molar-refractivity contribution in [3.8, 4) is 5.75 Å². The second kappa shape index (κ2) is 9.19. The Morgan fingerprint density at radius 3 is 2.44 bits per heavy atom. The molecule has 0 saturated carbocycles. The Morgan fingerprint density at radius 1 is 1.03 bits per heavy atom. The third-order valence-corrected chi connectivity index (χ3v) is 6.24. The summed E-state index contributed by atoms with van der Waals surface area (Å²) in [5.74, 6) is 0.780. The normalized spacial score (nSPS) is 19.2. The zero-order valence-corrected chi connectivity index (χ0v) is 19.5. The maximum absolute atomic E-state index is 13.7. The lowest BCUT2D eigenvalue weighted by atomic mass is 9.97. The van der Waals surface area contributed by atoms with Crippen molar-refractivity contribution in [2.75, 3.05) is 24.6 Å². The first kappa shape index (κ1) is 22.1. The summed E-state index contributed by atoms with van der Waals surface area (Å²) < 4.78 is 5.71. The minimum absolute atomic E-state index is 0.225. The van der Waals surface area contributed by atoms with Gasteiger partial charge in [0.2, 0.25) is 0 Å². The van der Waals surface area contributed by atoms with Crippen LogP contribution in [0.2, 0.25) is 0 Å². The van der Waals surface area contributed by atoms with Crippen molar-refractivity contribution >= 4 is 23.1 Å². The van der Waals surface area contributed by atoms with Gasteiger partial charge in [0, 0.05) is 13.1 Å². The van der Waals surface area contributed by atoms with E-state index >= 15 is 0 Å². The number of anilines is 1. The Bertz CT molecular complexity index is 1060. The number of aryl methyl sites for hydroxylation is 2. The number of benzene rings is 2. The van der Waals surface area contributed by atoms with Gasteiger partial charge in [-0.05, 0) is 68.4 Å². The van der Waals surface area contributed by atoms with Crippen LogP contribution >= 0.6 is 0 Å². The van der Waals surface area contributed by atoms with Crippen LogP contribution in [0, 0.1) is 19.8 Å². The Morgan fingerprint density at radius 2 is 1.78 bits per heavy atom. The number of hydrogen-bond acceptors (Lipinski definition) is 4. The first-order valence-electron chi connectivity index (χ1n) is 11.6. The molecule has 168 valence electrons. The van der Waals surface area contributed by atoms with Crippen molar-refractivity contribution in [3.63, 3.8) is 0 Å². The summed E-state index contributed by atoms with van der Waals surface area (Å²) >= 11 is 0. The third-order valence-electron chi connectivity index (χ3n) is 6.24. The van der Waals surface area contributed by atoms with Crippen LogP contribution in [0.3, 0.4) is 0 Å². The zero-order chi connectivity index (χ0) is 22.8. The third kappa shape index (κ3) is 4.16. The average molecular weight is 433 g/mol. The number of piperidine rings is 1. The van der Waals surface area contributed by atoms with E-state index in [1.54, 1.807) is 0 Å². The molecule has 0 aliphatic carbocycles. The van der Waals surface area contributed by atoms with Crippen LogP contribution in [-0.2, 0) is 9.59 Å². The highest BCUT2D eigenvalue weighted by molar-refractivity contribution is 6.45. The van der Waals surface area contributed by atoms with Crippen molar-refractivity contribution < 1.29 is 14.3 Å². The van der Waals surface area contributed by atoms with Crippen molar-refractivity contribution in [1.29, 1.82) is 0 Å². The maximum Gasteiger partial charge on any atom is 0.282 e. The molecule has 1 saturated heterocycles. The van der Waals surface area contributed by atoms with Gasteiger partial charge in [-0.2, -0.15) is 0 Å². The lowest BCUT2D eigenvalue weighted by molar-refractivity contribution is -0.120. The van der Waals surface area contributed by atoms with Crippen LogP contribution in [0.25, 0.3) is 5.57 Å². The van der Waals surface area contributed by atoms with Crippen LogP contribution in [-0.4, -0.2) is 36.4 Å². The van der Waals surface area contributed by atoms with Crippen LogP contribution in [0.4, 0.5) is 5.69 Å². The van der Waals surface area contributed by atoms with Gasteiger partial charge >= 0.3 is 0 Å². The molecule has 5 nitrogen and oxygen atoms in total. The lowest BCUT2D eigenvalue weighted by Gasteiger charge is -2.33. The first-order chi connectivity index (χ1) is 15.4. The van der Waals surface area contributed by atoms with E-state index in [9.17, 15) is 9.59 Å². The molecule has 32 heavy (non-hydrogen) atoms. The highest BCUT2D eigenvalue weighted by Gasteiger charge is 2.43. The summed E-state index contributed by atoms with van der Waals surface area (Å²) in [6.45, 7) is 10.5. The molecule has 5 heteroatoms. The van der Waals surface area contributed by atoms with Crippen molar-refractivity contribution in [2.24, 2.45) is 5.92 Å². The number of imide groups is 1. The van der Waals surface area contributed by atoms with Gasteiger partial charge in [-0.1, -0.05) is 43.7 Å². The second-order valence-electron chi connectivity index (χ2n) is 9.03. The van der Waals surface area contributed by atoms with Gasteiger partial charge in [0.25, 0.3) is 11.8 Å². The molecule has 2 aliphatic rings. The minimum Gasteiger partial charge on any atom is -0.494 e. The van der Waals surface area contributed by atoms with Crippen LogP contribution in [0.15, 0.2) is 48.2 Å². The summed E-state index contributed by atoms with van der Waals surface area (Å²) in [5.41, 5.74) is 4.46. The molecule has 1 fully saturated rings. The summed E-state index contributed by atoms with van der Waals surface area (Å²) in [6, 6.07) is 13.4. The molecule has 0 spiro atoms. The molecule has 4 rings (SSSR count). The number of ether oxygens (including phenoxy) is 1. The van der Waals surface area contributed by atoms with E-state index in [2.05, 4.69) is 18.7 Å². The van der Waals surface area contributed by atoms with Crippen LogP contribution in [0.5, 0.6) is 5.75 Å². The molecule has 1 atom stereocenters. The average Bonchev–Trinajstić information content (AvgIpc) is 3.03. The first-order valence-corrected chi connectivity index (χ1v) is 11.6. The summed E-state index contributed by atoms with van der Waals surface area (Å²) in [7, 11) is 0. The fraction of sp³-hybridized carbons (Fsp3) is 0.407. The number of amides is 2. The molecule has 0 bridgehead atoms. The molecule has 2 aromatic carbocycles. The Hall–Kier alpha value is -3.08. The van der Waals surface area contributed by atoms with Gasteiger partial charge in [0.1, 0.15) is 11.4 Å². The van der Waals surface area contributed by atoms with Gasteiger partial charge < -0.3 is 9.64 Å². The van der Waals surface area contributed by atoms with E-state index in [1.165, 1.54) is 4.90 Å². The number of rotatable bonds is 6. The molecule has 2 aliphatic heterocycles. The van der Waals surface area contributed by atoms with Crippen molar-refractivity contribution in [1.82, 2.24) is 4.90 Å². The van der Waals surface area contributed by atoms with Gasteiger partial charge in [-0.25, -0.2) is 4.90 Å². The Balaban J connectivity index is 1.77. The highest BCUT2D eigenvalue weighted by Crippen LogP contribution is 2.38. The molecular weight excluding hydrogens is 400 g/mol. The summed E-state index contributed by atoms with van der Waals surface area (Å²) in [4.78, 5) is 30.9. The van der Waals surface area contributed by atoms with E-state index in [1.807, 2.05) is 56.3 Å². The molecule has 0 aromatic heterocycles. The summed E-state index contributed by atoms with van der Waals surface area (Å²) in [6.07, 6.45) is 3.10. The molecule has 2 amide bonds. The predicted molar refractivity (Wildman–Crippen MR) is 128 cm³/mol. The van der Waals surface area contributed by atoms with E-state index in [0.29, 0.717) is 29.5 Å². The monoisotopic (exact) mass is 432 g/mol. The number of carbonyl (C=O) groups excluding carboxylic acids is 2. The fourth-order valence-corrected chi connectivity index (χ4v) is 4.68. The SMILES string of the molecule is CCCOc1ccc(C2=C(N3CCCC(C)C3)C(=O)N(c3ccc(C)cc3C)C2=O)cc1.